The van der Waals surface area contributed by atoms with Crippen LogP contribution in [0.5, 0.6) is 0 Å². The zero-order valence-electron chi connectivity index (χ0n) is 10.9. The number of pyridine rings is 1. The Morgan fingerprint density at radius 2 is 2.06 bits per heavy atom. The lowest BCUT2D eigenvalue weighted by atomic mass is 10.2. The van der Waals surface area contributed by atoms with Crippen LogP contribution < -0.4 is 10.6 Å². The van der Waals surface area contributed by atoms with Crippen LogP contribution in [0.4, 0.5) is 5.69 Å². The highest BCUT2D eigenvalue weighted by Gasteiger charge is 2.03. The third kappa shape index (κ3) is 3.08. The van der Waals surface area contributed by atoms with Crippen LogP contribution in [0, 0.1) is 6.92 Å². The molecule has 0 saturated carbocycles. The molecule has 0 radical (unpaired) electrons. The number of hydrogen-bond donors (Lipinski definition) is 1. The van der Waals surface area contributed by atoms with Gasteiger partial charge in [-0.3, -0.25) is 4.98 Å². The highest BCUT2D eigenvalue weighted by atomic mass is 15.1. The monoisotopic (exact) mass is 241 g/mol. The van der Waals surface area contributed by atoms with Crippen LogP contribution in [0.3, 0.4) is 0 Å². The molecule has 94 valence electrons. The van der Waals surface area contributed by atoms with Gasteiger partial charge in [-0.05, 0) is 36.2 Å². The van der Waals surface area contributed by atoms with Crippen molar-refractivity contribution in [1.29, 1.82) is 0 Å². The summed E-state index contributed by atoms with van der Waals surface area (Å²) >= 11 is 0. The summed E-state index contributed by atoms with van der Waals surface area (Å²) in [6.45, 7) is 3.45. The Hall–Kier alpha value is -1.87. The summed E-state index contributed by atoms with van der Waals surface area (Å²) in [4.78, 5) is 6.61. The zero-order chi connectivity index (χ0) is 13.0. The molecule has 0 atom stereocenters. The molecule has 18 heavy (non-hydrogen) atoms. The molecule has 0 aliphatic heterocycles. The van der Waals surface area contributed by atoms with E-state index in [0.29, 0.717) is 6.54 Å². The molecular formula is C15H19N3. The van der Waals surface area contributed by atoms with Gasteiger partial charge in [0, 0.05) is 25.5 Å². The van der Waals surface area contributed by atoms with Crippen molar-refractivity contribution in [2.24, 2.45) is 5.73 Å². The number of anilines is 1. The number of nitrogens with zero attached hydrogens (tertiary/aromatic N) is 2. The molecule has 0 saturated heterocycles. The maximum absolute atomic E-state index is 5.56. The summed E-state index contributed by atoms with van der Waals surface area (Å²) in [5, 5.41) is 0. The van der Waals surface area contributed by atoms with Crippen molar-refractivity contribution in [3.05, 3.63) is 59.4 Å². The van der Waals surface area contributed by atoms with E-state index < -0.39 is 0 Å². The fourth-order valence-electron chi connectivity index (χ4n) is 1.87. The van der Waals surface area contributed by atoms with Crippen LogP contribution in [-0.2, 0) is 13.1 Å². The van der Waals surface area contributed by atoms with Crippen LogP contribution in [0.15, 0.2) is 42.6 Å². The Kier molecular flexibility index (Phi) is 3.95. The number of hydrogen-bond acceptors (Lipinski definition) is 3. The number of rotatable bonds is 4. The molecule has 0 aliphatic carbocycles. The molecule has 0 unspecified atom stereocenters. The Balaban J connectivity index is 2.08. The lowest BCUT2D eigenvalue weighted by Crippen LogP contribution is -2.17. The molecule has 1 aromatic heterocycles. The van der Waals surface area contributed by atoms with Gasteiger partial charge in [-0.25, -0.2) is 0 Å². The number of aromatic nitrogens is 1. The van der Waals surface area contributed by atoms with Crippen LogP contribution in [0.1, 0.15) is 16.8 Å². The van der Waals surface area contributed by atoms with Gasteiger partial charge >= 0.3 is 0 Å². The van der Waals surface area contributed by atoms with Gasteiger partial charge in [-0.1, -0.05) is 18.2 Å². The van der Waals surface area contributed by atoms with Crippen molar-refractivity contribution >= 4 is 5.69 Å². The quantitative estimate of drug-likeness (QED) is 0.894. The van der Waals surface area contributed by atoms with Crippen molar-refractivity contribution in [2.45, 2.75) is 20.0 Å². The lowest BCUT2D eigenvalue weighted by molar-refractivity contribution is 0.877. The van der Waals surface area contributed by atoms with Gasteiger partial charge in [0.1, 0.15) is 0 Å². The van der Waals surface area contributed by atoms with E-state index in [2.05, 4.69) is 48.1 Å². The van der Waals surface area contributed by atoms with E-state index in [1.54, 1.807) is 0 Å². The predicted octanol–water partition coefficient (Wildman–Crippen LogP) is 2.49. The third-order valence-electron chi connectivity index (χ3n) is 2.96. The van der Waals surface area contributed by atoms with E-state index in [9.17, 15) is 0 Å². The number of nitrogens with two attached hydrogens (primary N) is 1. The minimum absolute atomic E-state index is 0.543. The smallest absolute Gasteiger partial charge is 0.0598 e. The first-order valence-electron chi connectivity index (χ1n) is 6.10. The largest absolute Gasteiger partial charge is 0.369 e. The Morgan fingerprint density at radius 1 is 1.22 bits per heavy atom. The first-order chi connectivity index (χ1) is 8.69. The Bertz CT molecular complexity index is 505. The van der Waals surface area contributed by atoms with Crippen LogP contribution >= 0.6 is 0 Å². The molecule has 2 rings (SSSR count). The molecule has 3 heteroatoms. The van der Waals surface area contributed by atoms with Gasteiger partial charge < -0.3 is 10.6 Å². The standard InChI is InChI=1S/C15H19N3/c1-12-4-3-5-15(8-12)18(2)11-14-7-6-13(9-16)10-17-14/h3-8,10H,9,11,16H2,1-2H3. The topological polar surface area (TPSA) is 42.1 Å². The van der Waals surface area contributed by atoms with Crippen LogP contribution in [-0.4, -0.2) is 12.0 Å². The minimum atomic E-state index is 0.543. The zero-order valence-corrected chi connectivity index (χ0v) is 10.9. The maximum atomic E-state index is 5.56. The molecule has 3 nitrogen and oxygen atoms in total. The van der Waals surface area contributed by atoms with Gasteiger partial charge in [0.25, 0.3) is 0 Å². The van der Waals surface area contributed by atoms with Gasteiger partial charge in [0.15, 0.2) is 0 Å². The first-order valence-corrected chi connectivity index (χ1v) is 6.10. The van der Waals surface area contributed by atoms with E-state index in [4.69, 9.17) is 5.73 Å². The fraction of sp³-hybridized carbons (Fsp3) is 0.267. The fourth-order valence-corrected chi connectivity index (χ4v) is 1.87. The average Bonchev–Trinajstić information content (AvgIpc) is 2.39. The van der Waals surface area contributed by atoms with Gasteiger partial charge in [-0.15, -0.1) is 0 Å². The summed E-state index contributed by atoms with van der Waals surface area (Å²) in [7, 11) is 2.08. The van der Waals surface area contributed by atoms with E-state index in [1.807, 2.05) is 18.3 Å². The Labute approximate surface area is 108 Å². The number of benzene rings is 1. The summed E-state index contributed by atoms with van der Waals surface area (Å²) in [6, 6.07) is 12.5. The minimum Gasteiger partial charge on any atom is -0.369 e. The van der Waals surface area contributed by atoms with Crippen molar-refractivity contribution in [3.8, 4) is 0 Å². The summed E-state index contributed by atoms with van der Waals surface area (Å²) in [5.74, 6) is 0. The second-order valence-electron chi connectivity index (χ2n) is 4.56. The molecule has 0 amide bonds. The SMILES string of the molecule is Cc1cccc(N(C)Cc2ccc(CN)cn2)c1. The van der Waals surface area contributed by atoms with Crippen molar-refractivity contribution in [1.82, 2.24) is 4.98 Å². The molecule has 2 aromatic rings. The van der Waals surface area contributed by atoms with Crippen LogP contribution in [0.2, 0.25) is 0 Å². The summed E-state index contributed by atoms with van der Waals surface area (Å²) < 4.78 is 0. The normalized spacial score (nSPS) is 10.4. The molecule has 0 spiro atoms. The third-order valence-corrected chi connectivity index (χ3v) is 2.96. The second kappa shape index (κ2) is 5.65. The van der Waals surface area contributed by atoms with Crippen molar-refractivity contribution in [2.75, 3.05) is 11.9 Å². The maximum Gasteiger partial charge on any atom is 0.0598 e. The van der Waals surface area contributed by atoms with Gasteiger partial charge in [0.2, 0.25) is 0 Å². The second-order valence-corrected chi connectivity index (χ2v) is 4.56. The summed E-state index contributed by atoms with van der Waals surface area (Å²) in [5.41, 5.74) is 10.2. The molecule has 0 aliphatic rings. The lowest BCUT2D eigenvalue weighted by Gasteiger charge is -2.19. The van der Waals surface area contributed by atoms with E-state index in [1.165, 1.54) is 11.3 Å². The van der Waals surface area contributed by atoms with Crippen molar-refractivity contribution in [3.63, 3.8) is 0 Å². The molecule has 1 aromatic carbocycles. The average molecular weight is 241 g/mol. The van der Waals surface area contributed by atoms with Crippen LogP contribution in [0.25, 0.3) is 0 Å². The highest BCUT2D eigenvalue weighted by molar-refractivity contribution is 5.47. The molecular weight excluding hydrogens is 222 g/mol. The van der Waals surface area contributed by atoms with E-state index in [0.717, 1.165) is 17.8 Å². The molecule has 2 N–H and O–H groups in total. The van der Waals surface area contributed by atoms with E-state index >= 15 is 0 Å². The molecule has 0 bridgehead atoms. The molecule has 0 fully saturated rings. The van der Waals surface area contributed by atoms with E-state index in [-0.39, 0.29) is 0 Å². The van der Waals surface area contributed by atoms with Crippen molar-refractivity contribution < 1.29 is 0 Å². The first kappa shape index (κ1) is 12.6. The highest BCUT2D eigenvalue weighted by Crippen LogP contribution is 2.16. The summed E-state index contributed by atoms with van der Waals surface area (Å²) in [6.07, 6.45) is 1.85. The van der Waals surface area contributed by atoms with Gasteiger partial charge in [-0.2, -0.15) is 0 Å². The molecule has 1 heterocycles. The number of aryl methyl sites for hydroxylation is 1. The predicted molar refractivity (Wildman–Crippen MR) is 75.4 cm³/mol. The van der Waals surface area contributed by atoms with Gasteiger partial charge in [0.05, 0.1) is 12.2 Å². The Morgan fingerprint density at radius 3 is 2.67 bits per heavy atom.